The van der Waals surface area contributed by atoms with Crippen molar-refractivity contribution in [2.75, 3.05) is 6.61 Å². The van der Waals surface area contributed by atoms with Crippen LogP contribution in [-0.2, 0) is 22.1 Å². The van der Waals surface area contributed by atoms with E-state index in [4.69, 9.17) is 9.47 Å². The highest BCUT2D eigenvalue weighted by molar-refractivity contribution is 5.81. The molecule has 0 radical (unpaired) electrons. The van der Waals surface area contributed by atoms with Gasteiger partial charge in [-0.1, -0.05) is 60.7 Å². The first-order valence-electron chi connectivity index (χ1n) is 12.3. The molecule has 1 atom stereocenters. The van der Waals surface area contributed by atoms with Gasteiger partial charge in [0.2, 0.25) is 5.88 Å². The highest BCUT2D eigenvalue weighted by atomic mass is 19.4. The predicted octanol–water partition coefficient (Wildman–Crippen LogP) is 6.43. The number of aliphatic carboxylic acids is 1. The standard InChI is InChI=1S/C30H23F3N2O5/c31-30(32,33)19-6-5-7-20(15-19)40-27-13-12-18(16-34-27)14-26(28(36)37)35-29(38)39-17-25-23-10-3-1-8-21(23)22-9-2-4-11-24(22)25/h1-13,15-16,25-26H,14,17H2,(H,35,38)(H,36,37). The smallest absolute Gasteiger partial charge is 0.416 e. The molecule has 1 amide bonds. The third kappa shape index (κ3) is 5.90. The van der Waals surface area contributed by atoms with Crippen LogP contribution < -0.4 is 10.1 Å². The molecule has 0 saturated carbocycles. The number of carboxylic acids is 1. The van der Waals surface area contributed by atoms with Crippen molar-refractivity contribution >= 4 is 12.1 Å². The molecule has 204 valence electrons. The number of rotatable bonds is 8. The van der Waals surface area contributed by atoms with Crippen molar-refractivity contribution in [1.29, 1.82) is 0 Å². The van der Waals surface area contributed by atoms with Crippen LogP contribution in [0.5, 0.6) is 11.6 Å². The molecular weight excluding hydrogens is 525 g/mol. The molecule has 1 aliphatic rings. The summed E-state index contributed by atoms with van der Waals surface area (Å²) in [5, 5.41) is 12.0. The van der Waals surface area contributed by atoms with E-state index in [-0.39, 0.29) is 30.6 Å². The summed E-state index contributed by atoms with van der Waals surface area (Å²) in [6.45, 7) is 0.0370. The Morgan fingerprint density at radius 1 is 0.925 bits per heavy atom. The molecule has 40 heavy (non-hydrogen) atoms. The minimum absolute atomic E-state index is 0.0273. The summed E-state index contributed by atoms with van der Waals surface area (Å²) in [7, 11) is 0. The van der Waals surface area contributed by atoms with Crippen LogP contribution in [0.1, 0.15) is 28.2 Å². The van der Waals surface area contributed by atoms with E-state index >= 15 is 0 Å². The number of aromatic nitrogens is 1. The molecule has 2 N–H and O–H groups in total. The fourth-order valence-electron chi connectivity index (χ4n) is 4.67. The molecular formula is C30H23F3N2O5. The summed E-state index contributed by atoms with van der Waals surface area (Å²) < 4.78 is 49.6. The predicted molar refractivity (Wildman–Crippen MR) is 139 cm³/mol. The van der Waals surface area contributed by atoms with E-state index in [2.05, 4.69) is 10.3 Å². The fourth-order valence-corrected chi connectivity index (χ4v) is 4.67. The second kappa shape index (κ2) is 11.1. The van der Waals surface area contributed by atoms with Gasteiger partial charge in [-0.2, -0.15) is 13.2 Å². The molecule has 5 rings (SSSR count). The van der Waals surface area contributed by atoms with Gasteiger partial charge in [0.15, 0.2) is 0 Å². The number of ether oxygens (including phenoxy) is 2. The van der Waals surface area contributed by atoms with E-state index < -0.39 is 29.8 Å². The molecule has 4 aromatic rings. The summed E-state index contributed by atoms with van der Waals surface area (Å²) in [6.07, 6.45) is -4.15. The van der Waals surface area contributed by atoms with Gasteiger partial charge >= 0.3 is 18.2 Å². The van der Waals surface area contributed by atoms with E-state index in [0.717, 1.165) is 34.4 Å². The molecule has 0 saturated heterocycles. The number of benzene rings is 3. The van der Waals surface area contributed by atoms with Crippen molar-refractivity contribution in [2.45, 2.75) is 24.6 Å². The Morgan fingerprint density at radius 3 is 2.20 bits per heavy atom. The number of nitrogens with one attached hydrogen (secondary N) is 1. The zero-order chi connectivity index (χ0) is 28.3. The van der Waals surface area contributed by atoms with Crippen molar-refractivity contribution in [1.82, 2.24) is 10.3 Å². The lowest BCUT2D eigenvalue weighted by atomic mass is 9.98. The number of pyridine rings is 1. The number of halogens is 3. The molecule has 0 spiro atoms. The SMILES string of the molecule is O=C(NC(Cc1ccc(Oc2cccc(C(F)(F)F)c2)nc1)C(=O)O)OCC1c2ccccc2-c2ccccc21. The van der Waals surface area contributed by atoms with Crippen LogP contribution in [0.25, 0.3) is 11.1 Å². The zero-order valence-electron chi connectivity index (χ0n) is 20.9. The van der Waals surface area contributed by atoms with Gasteiger partial charge in [-0.3, -0.25) is 0 Å². The van der Waals surface area contributed by atoms with Crippen LogP contribution in [-0.4, -0.2) is 34.8 Å². The third-order valence-electron chi connectivity index (χ3n) is 6.56. The van der Waals surface area contributed by atoms with Crippen molar-refractivity contribution in [3.8, 4) is 22.8 Å². The number of carbonyl (C=O) groups excluding carboxylic acids is 1. The number of alkyl halides is 3. The highest BCUT2D eigenvalue weighted by Crippen LogP contribution is 2.44. The fraction of sp³-hybridized carbons (Fsp3) is 0.167. The Bertz CT molecular complexity index is 1490. The van der Waals surface area contributed by atoms with Gasteiger partial charge in [-0.05, 0) is 46.0 Å². The van der Waals surface area contributed by atoms with Crippen LogP contribution in [0.4, 0.5) is 18.0 Å². The lowest BCUT2D eigenvalue weighted by Crippen LogP contribution is -2.42. The average molecular weight is 549 g/mol. The zero-order valence-corrected chi connectivity index (χ0v) is 20.9. The van der Waals surface area contributed by atoms with E-state index in [1.54, 1.807) is 0 Å². The molecule has 0 bridgehead atoms. The Balaban J connectivity index is 1.19. The number of hydrogen-bond donors (Lipinski definition) is 2. The summed E-state index contributed by atoms with van der Waals surface area (Å²) in [4.78, 5) is 28.5. The molecule has 1 aromatic heterocycles. The number of carboxylic acid groups (broad SMARTS) is 1. The largest absolute Gasteiger partial charge is 0.480 e. The number of fused-ring (bicyclic) bond motifs is 3. The number of carbonyl (C=O) groups is 2. The van der Waals surface area contributed by atoms with Crippen LogP contribution in [0, 0.1) is 0 Å². The Hall–Kier alpha value is -4.86. The van der Waals surface area contributed by atoms with Gasteiger partial charge in [0, 0.05) is 24.6 Å². The molecule has 1 unspecified atom stereocenters. The van der Waals surface area contributed by atoms with Gasteiger partial charge in [0.05, 0.1) is 5.56 Å². The second-order valence-corrected chi connectivity index (χ2v) is 9.20. The van der Waals surface area contributed by atoms with Gasteiger partial charge in [-0.15, -0.1) is 0 Å². The molecule has 10 heteroatoms. The number of amides is 1. The average Bonchev–Trinajstić information content (AvgIpc) is 3.26. The molecule has 1 aliphatic carbocycles. The number of alkyl carbamates (subject to hydrolysis) is 1. The van der Waals surface area contributed by atoms with E-state index in [9.17, 15) is 27.9 Å². The topological polar surface area (TPSA) is 97.8 Å². The Morgan fingerprint density at radius 2 is 1.60 bits per heavy atom. The van der Waals surface area contributed by atoms with Gasteiger partial charge in [-0.25, -0.2) is 14.6 Å². The summed E-state index contributed by atoms with van der Waals surface area (Å²) >= 11 is 0. The molecule has 0 fully saturated rings. The lowest BCUT2D eigenvalue weighted by Gasteiger charge is -2.17. The van der Waals surface area contributed by atoms with E-state index in [1.165, 1.54) is 30.5 Å². The molecule has 3 aromatic carbocycles. The van der Waals surface area contributed by atoms with Crippen molar-refractivity contribution in [3.05, 3.63) is 113 Å². The molecule has 1 heterocycles. The maximum Gasteiger partial charge on any atom is 0.416 e. The van der Waals surface area contributed by atoms with Crippen LogP contribution in [0.2, 0.25) is 0 Å². The molecule has 7 nitrogen and oxygen atoms in total. The second-order valence-electron chi connectivity index (χ2n) is 9.20. The van der Waals surface area contributed by atoms with Crippen molar-refractivity contribution in [3.63, 3.8) is 0 Å². The summed E-state index contributed by atoms with van der Waals surface area (Å²) in [6, 6.07) is 21.7. The van der Waals surface area contributed by atoms with Crippen LogP contribution in [0.15, 0.2) is 91.1 Å². The summed E-state index contributed by atoms with van der Waals surface area (Å²) in [5.41, 5.74) is 3.81. The normalized spacial score (nSPS) is 13.2. The first-order chi connectivity index (χ1) is 19.2. The maximum absolute atomic E-state index is 12.9. The van der Waals surface area contributed by atoms with Gasteiger partial charge in [0.1, 0.15) is 18.4 Å². The van der Waals surface area contributed by atoms with E-state index in [1.807, 2.05) is 48.5 Å². The first kappa shape index (κ1) is 26.7. The first-order valence-corrected chi connectivity index (χ1v) is 12.3. The Kier molecular flexibility index (Phi) is 7.41. The van der Waals surface area contributed by atoms with Crippen molar-refractivity contribution in [2.24, 2.45) is 0 Å². The Labute approximate surface area is 227 Å². The van der Waals surface area contributed by atoms with Crippen molar-refractivity contribution < 1.29 is 37.3 Å². The number of nitrogens with zero attached hydrogens (tertiary/aromatic N) is 1. The van der Waals surface area contributed by atoms with Crippen LogP contribution >= 0.6 is 0 Å². The monoisotopic (exact) mass is 548 g/mol. The van der Waals surface area contributed by atoms with Gasteiger partial charge < -0.3 is 19.9 Å². The molecule has 0 aliphatic heterocycles. The quantitative estimate of drug-likeness (QED) is 0.264. The van der Waals surface area contributed by atoms with E-state index in [0.29, 0.717) is 5.56 Å². The minimum Gasteiger partial charge on any atom is -0.480 e. The van der Waals surface area contributed by atoms with Crippen LogP contribution in [0.3, 0.4) is 0 Å². The van der Waals surface area contributed by atoms with Gasteiger partial charge in [0.25, 0.3) is 0 Å². The highest BCUT2D eigenvalue weighted by Gasteiger charge is 2.31. The third-order valence-corrected chi connectivity index (χ3v) is 6.56. The number of hydrogen-bond acceptors (Lipinski definition) is 5. The maximum atomic E-state index is 12.9. The minimum atomic E-state index is -4.51. The lowest BCUT2D eigenvalue weighted by molar-refractivity contribution is -0.139. The summed E-state index contributed by atoms with van der Waals surface area (Å²) in [5.74, 6) is -1.46.